The van der Waals surface area contributed by atoms with E-state index in [1.54, 1.807) is 0 Å². The summed E-state index contributed by atoms with van der Waals surface area (Å²) in [5.41, 5.74) is 2.19. The Morgan fingerprint density at radius 2 is 2.05 bits per heavy atom. The summed E-state index contributed by atoms with van der Waals surface area (Å²) in [6.07, 6.45) is 2.32. The summed E-state index contributed by atoms with van der Waals surface area (Å²) in [6.45, 7) is 3.39. The van der Waals surface area contributed by atoms with Crippen LogP contribution in [0, 0.1) is 11.8 Å². The Morgan fingerprint density at radius 1 is 1.24 bits per heavy atom. The van der Waals surface area contributed by atoms with Crippen LogP contribution in [0.2, 0.25) is 0 Å². The summed E-state index contributed by atoms with van der Waals surface area (Å²) < 4.78 is 5.58. The highest BCUT2D eigenvalue weighted by Gasteiger charge is 2.19. The fourth-order valence-corrected chi connectivity index (χ4v) is 2.60. The Morgan fingerprint density at radius 3 is 2.76 bits per heavy atom. The highest BCUT2D eigenvalue weighted by molar-refractivity contribution is 5.37. The molecule has 1 aromatic carbocycles. The third kappa shape index (κ3) is 5.49. The summed E-state index contributed by atoms with van der Waals surface area (Å²) in [5.74, 6) is 5.62. The Balaban J connectivity index is 1.83. The summed E-state index contributed by atoms with van der Waals surface area (Å²) in [5, 5.41) is 17.5. The van der Waals surface area contributed by atoms with Gasteiger partial charge >= 0.3 is 0 Å². The molecule has 2 N–H and O–H groups in total. The van der Waals surface area contributed by atoms with Gasteiger partial charge in [-0.15, -0.1) is 0 Å². The van der Waals surface area contributed by atoms with E-state index in [1.807, 2.05) is 12.1 Å². The lowest BCUT2D eigenvalue weighted by molar-refractivity contribution is -0.00901. The SMILES string of the molecule is OCC#Cc1cccc(CN2CCC(OCCO)CC2)c1. The smallest absolute Gasteiger partial charge is 0.104 e. The molecule has 4 nitrogen and oxygen atoms in total. The number of likely N-dealkylation sites (tertiary alicyclic amines) is 1. The van der Waals surface area contributed by atoms with E-state index < -0.39 is 0 Å². The fourth-order valence-electron chi connectivity index (χ4n) is 2.60. The van der Waals surface area contributed by atoms with Crippen molar-refractivity contribution in [2.45, 2.75) is 25.5 Å². The first-order valence-corrected chi connectivity index (χ1v) is 7.45. The van der Waals surface area contributed by atoms with Crippen molar-refractivity contribution in [2.75, 3.05) is 32.9 Å². The lowest BCUT2D eigenvalue weighted by Gasteiger charge is -2.31. The zero-order valence-electron chi connectivity index (χ0n) is 12.3. The molecule has 114 valence electrons. The molecule has 1 aromatic rings. The van der Waals surface area contributed by atoms with Gasteiger partial charge in [0.1, 0.15) is 6.61 Å². The van der Waals surface area contributed by atoms with Gasteiger partial charge in [-0.05, 0) is 30.5 Å². The molecule has 0 amide bonds. The van der Waals surface area contributed by atoms with Crippen LogP contribution in [0.15, 0.2) is 24.3 Å². The molecule has 0 aliphatic carbocycles. The second kappa shape index (κ2) is 8.81. The summed E-state index contributed by atoms with van der Waals surface area (Å²) >= 11 is 0. The lowest BCUT2D eigenvalue weighted by atomic mass is 10.1. The van der Waals surface area contributed by atoms with E-state index >= 15 is 0 Å². The molecule has 2 rings (SSSR count). The van der Waals surface area contributed by atoms with Crippen molar-refractivity contribution in [2.24, 2.45) is 0 Å². The average Bonchev–Trinajstić information content (AvgIpc) is 2.53. The summed E-state index contributed by atoms with van der Waals surface area (Å²) in [4.78, 5) is 2.41. The summed E-state index contributed by atoms with van der Waals surface area (Å²) in [7, 11) is 0. The Labute approximate surface area is 126 Å². The molecule has 1 heterocycles. The van der Waals surface area contributed by atoms with Gasteiger partial charge in [0.25, 0.3) is 0 Å². The van der Waals surface area contributed by atoms with E-state index in [0.29, 0.717) is 6.61 Å². The van der Waals surface area contributed by atoms with Crippen LogP contribution < -0.4 is 0 Å². The second-order valence-electron chi connectivity index (χ2n) is 5.23. The van der Waals surface area contributed by atoms with E-state index in [1.165, 1.54) is 5.56 Å². The molecule has 1 fully saturated rings. The van der Waals surface area contributed by atoms with Gasteiger partial charge in [-0.1, -0.05) is 24.0 Å². The molecule has 0 spiro atoms. The number of hydrogen-bond donors (Lipinski definition) is 2. The van der Waals surface area contributed by atoms with E-state index in [4.69, 9.17) is 14.9 Å². The minimum Gasteiger partial charge on any atom is -0.394 e. The number of piperidine rings is 1. The Bertz CT molecular complexity index is 484. The third-order valence-corrected chi connectivity index (χ3v) is 3.62. The quantitative estimate of drug-likeness (QED) is 0.794. The number of aliphatic hydroxyl groups excluding tert-OH is 2. The molecule has 0 saturated carbocycles. The van der Waals surface area contributed by atoms with Crippen molar-refractivity contribution in [1.82, 2.24) is 4.90 Å². The largest absolute Gasteiger partial charge is 0.394 e. The molecule has 4 heteroatoms. The molecule has 21 heavy (non-hydrogen) atoms. The first-order valence-electron chi connectivity index (χ1n) is 7.45. The zero-order chi connectivity index (χ0) is 14.9. The van der Waals surface area contributed by atoms with Crippen LogP contribution in [0.25, 0.3) is 0 Å². The molecule has 0 unspecified atom stereocenters. The molecular weight excluding hydrogens is 266 g/mol. The third-order valence-electron chi connectivity index (χ3n) is 3.62. The molecule has 1 aliphatic heterocycles. The van der Waals surface area contributed by atoms with Gasteiger partial charge in [0.05, 0.1) is 19.3 Å². The predicted molar refractivity (Wildman–Crippen MR) is 81.7 cm³/mol. The maximum atomic E-state index is 8.77. The molecule has 0 bridgehead atoms. The Hall–Kier alpha value is -1.38. The average molecular weight is 289 g/mol. The summed E-state index contributed by atoms with van der Waals surface area (Å²) in [6, 6.07) is 8.16. The van der Waals surface area contributed by atoms with Crippen molar-refractivity contribution in [3.8, 4) is 11.8 Å². The second-order valence-corrected chi connectivity index (χ2v) is 5.23. The minimum absolute atomic E-state index is 0.0991. The van der Waals surface area contributed by atoms with E-state index in [2.05, 4.69) is 28.9 Å². The van der Waals surface area contributed by atoms with Crippen LogP contribution in [-0.2, 0) is 11.3 Å². The predicted octanol–water partition coefficient (Wildman–Crippen LogP) is 1.00. The van der Waals surface area contributed by atoms with E-state index in [9.17, 15) is 0 Å². The van der Waals surface area contributed by atoms with Crippen molar-refractivity contribution in [3.63, 3.8) is 0 Å². The zero-order valence-corrected chi connectivity index (χ0v) is 12.3. The van der Waals surface area contributed by atoms with Crippen LogP contribution >= 0.6 is 0 Å². The van der Waals surface area contributed by atoms with Crippen LogP contribution in [0.1, 0.15) is 24.0 Å². The monoisotopic (exact) mass is 289 g/mol. The highest BCUT2D eigenvalue weighted by Crippen LogP contribution is 2.16. The van der Waals surface area contributed by atoms with Crippen LogP contribution in [0.5, 0.6) is 0 Å². The number of ether oxygens (including phenoxy) is 1. The number of rotatable bonds is 5. The van der Waals surface area contributed by atoms with Gasteiger partial charge in [-0.25, -0.2) is 0 Å². The standard InChI is InChI=1S/C17H23NO3/c19-10-2-5-15-3-1-4-16(13-15)14-18-8-6-17(7-9-18)21-12-11-20/h1,3-4,13,17,19-20H,6-12,14H2. The van der Waals surface area contributed by atoms with Crippen molar-refractivity contribution < 1.29 is 14.9 Å². The van der Waals surface area contributed by atoms with Gasteiger partial charge in [0.15, 0.2) is 0 Å². The first-order chi connectivity index (χ1) is 10.3. The molecule has 1 aliphatic rings. The van der Waals surface area contributed by atoms with Crippen LogP contribution in [-0.4, -0.2) is 54.1 Å². The van der Waals surface area contributed by atoms with E-state index in [0.717, 1.165) is 38.0 Å². The maximum absolute atomic E-state index is 8.77. The molecular formula is C17H23NO3. The number of aliphatic hydroxyl groups is 2. The van der Waals surface area contributed by atoms with Crippen LogP contribution in [0.4, 0.5) is 0 Å². The Kier molecular flexibility index (Phi) is 6.71. The maximum Gasteiger partial charge on any atom is 0.104 e. The van der Waals surface area contributed by atoms with Crippen LogP contribution in [0.3, 0.4) is 0 Å². The van der Waals surface area contributed by atoms with Gasteiger partial charge < -0.3 is 14.9 Å². The van der Waals surface area contributed by atoms with E-state index in [-0.39, 0.29) is 19.3 Å². The molecule has 0 atom stereocenters. The topological polar surface area (TPSA) is 52.9 Å². The van der Waals surface area contributed by atoms with Crippen molar-refractivity contribution in [1.29, 1.82) is 0 Å². The highest BCUT2D eigenvalue weighted by atomic mass is 16.5. The van der Waals surface area contributed by atoms with Gasteiger partial charge in [0.2, 0.25) is 0 Å². The number of nitrogens with zero attached hydrogens (tertiary/aromatic N) is 1. The van der Waals surface area contributed by atoms with Gasteiger partial charge in [-0.2, -0.15) is 0 Å². The molecule has 0 aromatic heterocycles. The van der Waals surface area contributed by atoms with Crippen molar-refractivity contribution in [3.05, 3.63) is 35.4 Å². The minimum atomic E-state index is -0.106. The van der Waals surface area contributed by atoms with Gasteiger partial charge in [0, 0.05) is 25.2 Å². The van der Waals surface area contributed by atoms with Gasteiger partial charge in [-0.3, -0.25) is 4.90 Å². The number of benzene rings is 1. The normalized spacial score (nSPS) is 16.5. The lowest BCUT2D eigenvalue weighted by Crippen LogP contribution is -2.36. The van der Waals surface area contributed by atoms with Crippen molar-refractivity contribution >= 4 is 0 Å². The fraction of sp³-hybridized carbons (Fsp3) is 0.529. The number of hydrogen-bond acceptors (Lipinski definition) is 4. The first kappa shape index (κ1) is 16.0. The molecule has 1 saturated heterocycles. The molecule has 0 radical (unpaired) electrons.